The van der Waals surface area contributed by atoms with Crippen molar-refractivity contribution in [3.63, 3.8) is 0 Å². The molecule has 2 amide bonds. The highest BCUT2D eigenvalue weighted by Gasteiger charge is 2.31. The highest BCUT2D eigenvalue weighted by atomic mass is 16.6. The molecule has 0 spiro atoms. The van der Waals surface area contributed by atoms with E-state index in [-0.39, 0.29) is 18.4 Å². The van der Waals surface area contributed by atoms with Crippen molar-refractivity contribution in [1.29, 1.82) is 0 Å². The lowest BCUT2D eigenvalue weighted by atomic mass is 9.88. The topological polar surface area (TPSA) is 116 Å². The Morgan fingerprint density at radius 3 is 2.11 bits per heavy atom. The first-order valence-electron chi connectivity index (χ1n) is 13.2. The molecule has 0 bridgehead atoms. The molecular weight excluding hydrogens is 480 g/mol. The van der Waals surface area contributed by atoms with E-state index in [0.29, 0.717) is 25.1 Å². The Balaban J connectivity index is 1.81. The van der Waals surface area contributed by atoms with E-state index < -0.39 is 29.8 Å². The second-order valence-corrected chi connectivity index (χ2v) is 10.6. The first kappa shape index (κ1) is 28.9. The van der Waals surface area contributed by atoms with Gasteiger partial charge in [-0.2, -0.15) is 0 Å². The zero-order chi connectivity index (χ0) is 27.5. The van der Waals surface area contributed by atoms with Crippen molar-refractivity contribution >= 4 is 12.0 Å². The first-order valence-corrected chi connectivity index (χ1v) is 13.2. The van der Waals surface area contributed by atoms with E-state index >= 15 is 0 Å². The number of aliphatic hydroxyl groups excluding tert-OH is 1. The van der Waals surface area contributed by atoms with Crippen molar-refractivity contribution in [2.24, 2.45) is 5.92 Å². The maximum atomic E-state index is 13.6. The normalized spacial score (nSPS) is 14.7. The van der Waals surface area contributed by atoms with Gasteiger partial charge in [-0.3, -0.25) is 4.79 Å². The molecular formula is C30H40N4O4. The smallest absolute Gasteiger partial charge is 0.407 e. The van der Waals surface area contributed by atoms with Crippen LogP contribution in [0.15, 0.2) is 73.1 Å². The molecule has 0 aliphatic carbocycles. The van der Waals surface area contributed by atoms with Crippen molar-refractivity contribution in [2.45, 2.75) is 77.2 Å². The number of rotatable bonds is 12. The molecule has 4 N–H and O–H groups in total. The standard InChI is InChI=1S/C30H40N4O4/c1-5-24(27-31-16-17-32-27)33-28(36)23(18-21-12-8-6-9-13-21)20-26(35)25(19-22-14-10-7-11-15-22)34-29(37)38-30(2,3)4/h6-17,23-26,35H,5,18-20H2,1-4H3,(H,31,32)(H,33,36)(H,34,37)/t23-,24+,25+,26+/m1/s1. The minimum atomic E-state index is -0.995. The predicted molar refractivity (Wildman–Crippen MR) is 147 cm³/mol. The van der Waals surface area contributed by atoms with E-state index in [4.69, 9.17) is 4.74 Å². The van der Waals surface area contributed by atoms with Gasteiger partial charge in [-0.1, -0.05) is 67.6 Å². The number of amides is 2. The van der Waals surface area contributed by atoms with Crippen LogP contribution in [0, 0.1) is 5.92 Å². The van der Waals surface area contributed by atoms with Crippen LogP contribution in [-0.4, -0.2) is 44.8 Å². The minimum Gasteiger partial charge on any atom is -0.444 e. The number of hydrogen-bond acceptors (Lipinski definition) is 5. The quantitative estimate of drug-likeness (QED) is 0.276. The minimum absolute atomic E-state index is 0.155. The number of carbonyl (C=O) groups excluding carboxylic acids is 2. The number of ether oxygens (including phenoxy) is 1. The number of aromatic nitrogens is 2. The van der Waals surface area contributed by atoms with Gasteiger partial charge < -0.3 is 25.5 Å². The van der Waals surface area contributed by atoms with E-state index in [1.807, 2.05) is 67.6 Å². The van der Waals surface area contributed by atoms with Gasteiger partial charge in [0, 0.05) is 18.3 Å². The SMILES string of the molecule is CC[C@H](NC(=O)[C@H](Cc1ccccc1)C[C@H](O)[C@H](Cc1ccccc1)NC(=O)OC(C)(C)C)c1ncc[nH]1. The maximum Gasteiger partial charge on any atom is 0.407 e. The van der Waals surface area contributed by atoms with Crippen molar-refractivity contribution in [3.8, 4) is 0 Å². The Morgan fingerprint density at radius 1 is 0.974 bits per heavy atom. The molecule has 3 aromatic rings. The van der Waals surface area contributed by atoms with Gasteiger partial charge in [-0.15, -0.1) is 0 Å². The molecule has 3 rings (SSSR count). The third-order valence-corrected chi connectivity index (χ3v) is 6.26. The molecule has 0 fully saturated rings. The monoisotopic (exact) mass is 520 g/mol. The number of nitrogens with zero attached hydrogens (tertiary/aromatic N) is 1. The number of H-pyrrole nitrogens is 1. The molecule has 0 unspecified atom stereocenters. The highest BCUT2D eigenvalue weighted by molar-refractivity contribution is 5.79. The van der Waals surface area contributed by atoms with Crippen LogP contribution in [-0.2, 0) is 22.4 Å². The van der Waals surface area contributed by atoms with Gasteiger partial charge in [0.15, 0.2) is 0 Å². The lowest BCUT2D eigenvalue weighted by molar-refractivity contribution is -0.127. The van der Waals surface area contributed by atoms with Gasteiger partial charge in [-0.25, -0.2) is 9.78 Å². The fourth-order valence-corrected chi connectivity index (χ4v) is 4.37. The summed E-state index contributed by atoms with van der Waals surface area (Å²) in [7, 11) is 0. The van der Waals surface area contributed by atoms with Crippen molar-refractivity contribution in [3.05, 3.63) is 90.0 Å². The van der Waals surface area contributed by atoms with Crippen LogP contribution in [0.3, 0.4) is 0 Å². The molecule has 0 saturated carbocycles. The average molecular weight is 521 g/mol. The van der Waals surface area contributed by atoms with Crippen LogP contribution in [0.2, 0.25) is 0 Å². The molecule has 0 aliphatic heterocycles. The lowest BCUT2D eigenvalue weighted by Crippen LogP contribution is -2.48. The number of benzene rings is 2. The number of nitrogens with one attached hydrogen (secondary N) is 3. The average Bonchev–Trinajstić information content (AvgIpc) is 3.41. The number of carbonyl (C=O) groups is 2. The van der Waals surface area contributed by atoms with Gasteiger partial charge in [0.1, 0.15) is 11.4 Å². The predicted octanol–water partition coefficient (Wildman–Crippen LogP) is 4.72. The number of alkyl carbamates (subject to hydrolysis) is 1. The summed E-state index contributed by atoms with van der Waals surface area (Å²) >= 11 is 0. The van der Waals surface area contributed by atoms with Crippen LogP contribution >= 0.6 is 0 Å². The van der Waals surface area contributed by atoms with E-state index in [1.165, 1.54) is 0 Å². The lowest BCUT2D eigenvalue weighted by Gasteiger charge is -2.29. The summed E-state index contributed by atoms with van der Waals surface area (Å²) in [5.74, 6) is -0.0181. The second kappa shape index (κ2) is 13.8. The Bertz CT molecular complexity index is 1110. The molecule has 38 heavy (non-hydrogen) atoms. The number of aromatic amines is 1. The van der Waals surface area contributed by atoms with E-state index in [2.05, 4.69) is 20.6 Å². The summed E-state index contributed by atoms with van der Waals surface area (Å²) < 4.78 is 5.46. The third-order valence-electron chi connectivity index (χ3n) is 6.26. The Hall–Kier alpha value is -3.65. The van der Waals surface area contributed by atoms with Crippen LogP contribution in [0.4, 0.5) is 4.79 Å². The van der Waals surface area contributed by atoms with Gasteiger partial charge in [0.25, 0.3) is 0 Å². The molecule has 204 valence electrons. The molecule has 1 aromatic heterocycles. The molecule has 0 radical (unpaired) electrons. The van der Waals surface area contributed by atoms with Crippen molar-refractivity contribution in [2.75, 3.05) is 0 Å². The number of imidazole rings is 1. The van der Waals surface area contributed by atoms with Gasteiger partial charge in [0.2, 0.25) is 5.91 Å². The van der Waals surface area contributed by atoms with E-state index in [9.17, 15) is 14.7 Å². The Kier molecular flexibility index (Phi) is 10.5. The molecule has 1 heterocycles. The third kappa shape index (κ3) is 9.34. The summed E-state index contributed by atoms with van der Waals surface area (Å²) in [6.45, 7) is 7.35. The van der Waals surface area contributed by atoms with Gasteiger partial charge in [0.05, 0.1) is 18.2 Å². The van der Waals surface area contributed by atoms with Crippen LogP contribution in [0.25, 0.3) is 0 Å². The fourth-order valence-electron chi connectivity index (χ4n) is 4.37. The summed E-state index contributed by atoms with van der Waals surface area (Å²) in [4.78, 5) is 33.6. The Morgan fingerprint density at radius 2 is 1.58 bits per heavy atom. The van der Waals surface area contributed by atoms with E-state index in [0.717, 1.165) is 11.1 Å². The Labute approximate surface area is 225 Å². The summed E-state index contributed by atoms with van der Waals surface area (Å²) in [5, 5.41) is 17.4. The van der Waals surface area contributed by atoms with Crippen LogP contribution in [0.5, 0.6) is 0 Å². The van der Waals surface area contributed by atoms with Gasteiger partial charge in [-0.05, 0) is 57.6 Å². The largest absolute Gasteiger partial charge is 0.444 e. The van der Waals surface area contributed by atoms with Crippen LogP contribution in [0.1, 0.15) is 63.5 Å². The molecule has 2 aromatic carbocycles. The fraction of sp³-hybridized carbons (Fsp3) is 0.433. The second-order valence-electron chi connectivity index (χ2n) is 10.6. The summed E-state index contributed by atoms with van der Waals surface area (Å²) in [6.07, 6.45) is 3.45. The number of aliphatic hydroxyl groups is 1. The molecule has 8 heteroatoms. The van der Waals surface area contributed by atoms with Crippen molar-refractivity contribution < 1.29 is 19.4 Å². The highest BCUT2D eigenvalue weighted by Crippen LogP contribution is 2.21. The van der Waals surface area contributed by atoms with Crippen molar-refractivity contribution in [1.82, 2.24) is 20.6 Å². The van der Waals surface area contributed by atoms with Gasteiger partial charge >= 0.3 is 6.09 Å². The van der Waals surface area contributed by atoms with Crippen LogP contribution < -0.4 is 10.6 Å². The molecule has 0 saturated heterocycles. The number of hydrogen-bond donors (Lipinski definition) is 4. The molecule has 0 aliphatic rings. The maximum absolute atomic E-state index is 13.6. The zero-order valence-electron chi connectivity index (χ0n) is 22.7. The zero-order valence-corrected chi connectivity index (χ0v) is 22.7. The summed E-state index contributed by atoms with van der Waals surface area (Å²) in [5.41, 5.74) is 1.27. The van der Waals surface area contributed by atoms with E-state index in [1.54, 1.807) is 33.2 Å². The molecule has 8 nitrogen and oxygen atoms in total. The molecule has 4 atom stereocenters. The first-order chi connectivity index (χ1) is 18.1. The summed E-state index contributed by atoms with van der Waals surface area (Å²) in [6, 6.07) is 18.4.